The van der Waals surface area contributed by atoms with Crippen molar-refractivity contribution < 1.29 is 0 Å². The van der Waals surface area contributed by atoms with Crippen LogP contribution in [-0.4, -0.2) is 37.0 Å². The summed E-state index contributed by atoms with van der Waals surface area (Å²) in [5.41, 5.74) is 8.23. The number of hydrogen-bond donors (Lipinski definition) is 1. The van der Waals surface area contributed by atoms with E-state index >= 15 is 0 Å². The molecule has 0 saturated carbocycles. The van der Waals surface area contributed by atoms with Gasteiger partial charge in [-0.2, -0.15) is 11.8 Å². The van der Waals surface area contributed by atoms with Gasteiger partial charge in [-0.05, 0) is 37.4 Å². The Morgan fingerprint density at radius 2 is 1.81 bits per heavy atom. The predicted molar refractivity (Wildman–Crippen MR) is 73.9 cm³/mol. The van der Waals surface area contributed by atoms with E-state index in [9.17, 15) is 0 Å². The van der Waals surface area contributed by atoms with E-state index in [0.29, 0.717) is 0 Å². The van der Waals surface area contributed by atoms with E-state index in [1.54, 1.807) is 0 Å². The average molecular weight is 238 g/mol. The molecule has 0 bridgehead atoms. The summed E-state index contributed by atoms with van der Waals surface area (Å²) in [6.07, 6.45) is 3.12. The van der Waals surface area contributed by atoms with E-state index in [1.165, 1.54) is 16.9 Å². The molecule has 0 fully saturated rings. The van der Waals surface area contributed by atoms with Crippen LogP contribution in [0.1, 0.15) is 11.1 Å². The maximum atomic E-state index is 5.52. The Hall–Kier alpha value is -0.510. The van der Waals surface area contributed by atoms with Gasteiger partial charge in [0.2, 0.25) is 0 Å². The molecular weight excluding hydrogens is 216 g/mol. The molecule has 3 heteroatoms. The van der Waals surface area contributed by atoms with Crippen molar-refractivity contribution in [1.29, 1.82) is 0 Å². The van der Waals surface area contributed by atoms with E-state index < -0.39 is 0 Å². The van der Waals surface area contributed by atoms with Crippen molar-refractivity contribution in [2.24, 2.45) is 5.73 Å². The zero-order valence-corrected chi connectivity index (χ0v) is 11.1. The fraction of sp³-hybridized carbons (Fsp3) is 0.538. The number of nitrogens with zero attached hydrogens (tertiary/aromatic N) is 1. The molecule has 16 heavy (non-hydrogen) atoms. The third kappa shape index (κ3) is 5.01. The molecule has 90 valence electrons. The first-order valence-corrected chi connectivity index (χ1v) is 7.11. The maximum Gasteiger partial charge on any atom is 0.0231 e. The molecule has 0 heterocycles. The summed E-state index contributed by atoms with van der Waals surface area (Å²) in [5, 5.41) is 0. The fourth-order valence-electron chi connectivity index (χ4n) is 1.62. The van der Waals surface area contributed by atoms with Gasteiger partial charge in [0, 0.05) is 18.8 Å². The molecule has 0 radical (unpaired) electrons. The van der Waals surface area contributed by atoms with E-state index in [4.69, 9.17) is 5.73 Å². The van der Waals surface area contributed by atoms with E-state index in [2.05, 4.69) is 42.5 Å². The lowest BCUT2D eigenvalue weighted by molar-refractivity contribution is 0.349. The first-order chi connectivity index (χ1) is 7.76. The standard InChI is InChI=1S/C13H22N2S/c1-15(9-10-16-2)11-13-5-3-12(4-6-13)7-8-14/h3-6H,7-11,14H2,1-2H3. The van der Waals surface area contributed by atoms with Gasteiger partial charge >= 0.3 is 0 Å². The Morgan fingerprint density at radius 3 is 2.38 bits per heavy atom. The quantitative estimate of drug-likeness (QED) is 0.787. The highest BCUT2D eigenvalue weighted by Crippen LogP contribution is 2.07. The molecule has 0 saturated heterocycles. The van der Waals surface area contributed by atoms with Crippen molar-refractivity contribution in [1.82, 2.24) is 4.90 Å². The number of thioether (sulfide) groups is 1. The number of hydrogen-bond acceptors (Lipinski definition) is 3. The summed E-state index contributed by atoms with van der Waals surface area (Å²) >= 11 is 1.89. The fourth-order valence-corrected chi connectivity index (χ4v) is 2.11. The van der Waals surface area contributed by atoms with Crippen LogP contribution in [0.15, 0.2) is 24.3 Å². The molecule has 1 rings (SSSR count). The van der Waals surface area contributed by atoms with Crippen LogP contribution in [0.5, 0.6) is 0 Å². The minimum atomic E-state index is 0.729. The van der Waals surface area contributed by atoms with Crippen LogP contribution in [0, 0.1) is 0 Å². The summed E-state index contributed by atoms with van der Waals surface area (Å²) in [6.45, 7) is 2.90. The van der Waals surface area contributed by atoms with Gasteiger partial charge in [0.15, 0.2) is 0 Å². The summed E-state index contributed by atoms with van der Waals surface area (Å²) in [5.74, 6) is 1.20. The lowest BCUT2D eigenvalue weighted by atomic mass is 10.1. The SMILES string of the molecule is CSCCN(C)Cc1ccc(CCN)cc1. The van der Waals surface area contributed by atoms with Crippen molar-refractivity contribution in [2.75, 3.05) is 32.1 Å². The summed E-state index contributed by atoms with van der Waals surface area (Å²) in [7, 11) is 2.17. The topological polar surface area (TPSA) is 29.3 Å². The Labute approximate surface area is 103 Å². The Morgan fingerprint density at radius 1 is 1.19 bits per heavy atom. The molecule has 0 aliphatic carbocycles. The van der Waals surface area contributed by atoms with Gasteiger partial charge in [-0.25, -0.2) is 0 Å². The minimum Gasteiger partial charge on any atom is -0.330 e. The summed E-state index contributed by atoms with van der Waals surface area (Å²) in [4.78, 5) is 2.36. The molecule has 0 aromatic heterocycles. The molecule has 1 aromatic carbocycles. The zero-order chi connectivity index (χ0) is 11.8. The Kier molecular flexibility index (Phi) is 6.53. The molecule has 1 aromatic rings. The number of benzene rings is 1. The second kappa shape index (κ2) is 7.71. The Balaban J connectivity index is 2.41. The maximum absolute atomic E-state index is 5.52. The number of rotatable bonds is 7. The molecule has 0 amide bonds. The minimum absolute atomic E-state index is 0.729. The third-order valence-electron chi connectivity index (χ3n) is 2.59. The predicted octanol–water partition coefficient (Wildman–Crippen LogP) is 1.98. The Bertz CT molecular complexity index is 284. The largest absolute Gasteiger partial charge is 0.330 e. The van der Waals surface area contributed by atoms with Crippen molar-refractivity contribution in [3.63, 3.8) is 0 Å². The van der Waals surface area contributed by atoms with E-state index in [0.717, 1.165) is 26.1 Å². The van der Waals surface area contributed by atoms with Crippen molar-refractivity contribution >= 4 is 11.8 Å². The molecule has 0 aliphatic heterocycles. The van der Waals surface area contributed by atoms with E-state index in [-0.39, 0.29) is 0 Å². The van der Waals surface area contributed by atoms with Crippen LogP contribution in [0.4, 0.5) is 0 Å². The highest BCUT2D eigenvalue weighted by Gasteiger charge is 1.99. The molecule has 0 unspecified atom stereocenters. The number of nitrogens with two attached hydrogens (primary N) is 1. The smallest absolute Gasteiger partial charge is 0.0231 e. The van der Waals surface area contributed by atoms with Crippen molar-refractivity contribution in [3.8, 4) is 0 Å². The second-order valence-corrected chi connectivity index (χ2v) is 5.07. The lowest BCUT2D eigenvalue weighted by Gasteiger charge is -2.16. The second-order valence-electron chi connectivity index (χ2n) is 4.09. The molecule has 0 spiro atoms. The van der Waals surface area contributed by atoms with E-state index in [1.807, 2.05) is 11.8 Å². The van der Waals surface area contributed by atoms with Crippen LogP contribution >= 0.6 is 11.8 Å². The molecule has 0 atom stereocenters. The van der Waals surface area contributed by atoms with Crippen LogP contribution < -0.4 is 5.73 Å². The van der Waals surface area contributed by atoms with Crippen LogP contribution in [0.3, 0.4) is 0 Å². The van der Waals surface area contributed by atoms with Gasteiger partial charge < -0.3 is 10.6 Å². The third-order valence-corrected chi connectivity index (χ3v) is 3.18. The van der Waals surface area contributed by atoms with Crippen molar-refractivity contribution in [2.45, 2.75) is 13.0 Å². The normalized spacial score (nSPS) is 11.0. The highest BCUT2D eigenvalue weighted by molar-refractivity contribution is 7.98. The van der Waals surface area contributed by atoms with Gasteiger partial charge in [-0.3, -0.25) is 0 Å². The lowest BCUT2D eigenvalue weighted by Crippen LogP contribution is -2.20. The van der Waals surface area contributed by atoms with Gasteiger partial charge in [-0.1, -0.05) is 24.3 Å². The highest BCUT2D eigenvalue weighted by atomic mass is 32.2. The first kappa shape index (κ1) is 13.6. The van der Waals surface area contributed by atoms with Crippen LogP contribution in [-0.2, 0) is 13.0 Å². The van der Waals surface area contributed by atoms with Crippen LogP contribution in [0.2, 0.25) is 0 Å². The van der Waals surface area contributed by atoms with Crippen molar-refractivity contribution in [3.05, 3.63) is 35.4 Å². The zero-order valence-electron chi connectivity index (χ0n) is 10.3. The van der Waals surface area contributed by atoms with Gasteiger partial charge in [0.1, 0.15) is 0 Å². The van der Waals surface area contributed by atoms with Crippen LogP contribution in [0.25, 0.3) is 0 Å². The molecule has 2 nitrogen and oxygen atoms in total. The van der Waals surface area contributed by atoms with Gasteiger partial charge in [0.05, 0.1) is 0 Å². The molecule has 0 aliphatic rings. The molecule has 2 N–H and O–H groups in total. The van der Waals surface area contributed by atoms with Gasteiger partial charge in [0.25, 0.3) is 0 Å². The monoisotopic (exact) mass is 238 g/mol. The summed E-state index contributed by atoms with van der Waals surface area (Å²) < 4.78 is 0. The first-order valence-electron chi connectivity index (χ1n) is 5.71. The average Bonchev–Trinajstić information content (AvgIpc) is 2.29. The summed E-state index contributed by atoms with van der Waals surface area (Å²) in [6, 6.07) is 8.79. The van der Waals surface area contributed by atoms with Gasteiger partial charge in [-0.15, -0.1) is 0 Å². The molecular formula is C13H22N2S.